The molecule has 0 aromatic heterocycles. The SMILES string of the molecule is CN1CCC(C2(N)C=CC(N)=CC2C(F)(F)F)CC1. The van der Waals surface area contributed by atoms with Crippen molar-refractivity contribution in [2.75, 3.05) is 20.1 Å². The van der Waals surface area contributed by atoms with Crippen LogP contribution in [0.4, 0.5) is 13.2 Å². The molecule has 2 aliphatic rings. The van der Waals surface area contributed by atoms with Gasteiger partial charge in [0.05, 0.1) is 11.5 Å². The lowest BCUT2D eigenvalue weighted by Crippen LogP contribution is -2.59. The van der Waals surface area contributed by atoms with Crippen LogP contribution in [0.3, 0.4) is 0 Å². The molecule has 0 radical (unpaired) electrons. The number of hydrogen-bond acceptors (Lipinski definition) is 3. The van der Waals surface area contributed by atoms with Gasteiger partial charge in [-0.25, -0.2) is 0 Å². The Morgan fingerprint density at radius 3 is 2.42 bits per heavy atom. The molecule has 0 bridgehead atoms. The first-order valence-electron chi connectivity index (χ1n) is 6.44. The van der Waals surface area contributed by atoms with E-state index in [0.29, 0.717) is 12.8 Å². The van der Waals surface area contributed by atoms with E-state index in [4.69, 9.17) is 11.5 Å². The number of halogens is 3. The smallest absolute Gasteiger partial charge is 0.397 e. The lowest BCUT2D eigenvalue weighted by molar-refractivity contribution is -0.179. The summed E-state index contributed by atoms with van der Waals surface area (Å²) >= 11 is 0. The van der Waals surface area contributed by atoms with Gasteiger partial charge in [0.25, 0.3) is 0 Å². The summed E-state index contributed by atoms with van der Waals surface area (Å²) in [6, 6.07) is 0. The fourth-order valence-corrected chi connectivity index (χ4v) is 3.01. The summed E-state index contributed by atoms with van der Waals surface area (Å²) < 4.78 is 39.7. The molecule has 1 heterocycles. The molecule has 0 aromatic carbocycles. The van der Waals surface area contributed by atoms with Gasteiger partial charge in [-0.2, -0.15) is 13.2 Å². The molecule has 3 nitrogen and oxygen atoms in total. The van der Waals surface area contributed by atoms with Crippen molar-refractivity contribution in [3.05, 3.63) is 23.9 Å². The molecule has 0 saturated carbocycles. The lowest BCUT2D eigenvalue weighted by Gasteiger charge is -2.45. The Bertz CT molecular complexity index is 394. The highest BCUT2D eigenvalue weighted by Crippen LogP contribution is 2.44. The van der Waals surface area contributed by atoms with E-state index in [1.165, 1.54) is 12.2 Å². The topological polar surface area (TPSA) is 55.3 Å². The molecular weight excluding hydrogens is 255 g/mol. The second kappa shape index (κ2) is 4.83. The lowest BCUT2D eigenvalue weighted by atomic mass is 9.68. The van der Waals surface area contributed by atoms with Crippen molar-refractivity contribution in [2.24, 2.45) is 23.3 Å². The normalized spacial score (nSPS) is 34.4. The van der Waals surface area contributed by atoms with Gasteiger partial charge < -0.3 is 16.4 Å². The van der Waals surface area contributed by atoms with Gasteiger partial charge in [-0.1, -0.05) is 6.08 Å². The number of piperidine rings is 1. The van der Waals surface area contributed by atoms with E-state index in [0.717, 1.165) is 19.2 Å². The van der Waals surface area contributed by atoms with Gasteiger partial charge in [0, 0.05) is 5.70 Å². The zero-order valence-electron chi connectivity index (χ0n) is 11.0. The second-order valence-electron chi connectivity index (χ2n) is 5.60. The van der Waals surface area contributed by atoms with Crippen LogP contribution in [0, 0.1) is 11.8 Å². The molecule has 1 aliphatic heterocycles. The summed E-state index contributed by atoms with van der Waals surface area (Å²) in [5.74, 6) is -1.87. The number of rotatable bonds is 1. The maximum absolute atomic E-state index is 13.2. The van der Waals surface area contributed by atoms with Crippen LogP contribution in [-0.4, -0.2) is 36.8 Å². The van der Waals surface area contributed by atoms with Gasteiger partial charge in [-0.3, -0.25) is 0 Å². The van der Waals surface area contributed by atoms with Crippen LogP contribution < -0.4 is 11.5 Å². The average Bonchev–Trinajstić information content (AvgIpc) is 2.32. The quantitative estimate of drug-likeness (QED) is 0.764. The van der Waals surface area contributed by atoms with Gasteiger partial charge in [0.15, 0.2) is 0 Å². The summed E-state index contributed by atoms with van der Waals surface area (Å²) in [5.41, 5.74) is 10.4. The molecule has 19 heavy (non-hydrogen) atoms. The molecule has 2 unspecified atom stereocenters. The summed E-state index contributed by atoms with van der Waals surface area (Å²) in [5, 5.41) is 0. The molecule has 2 rings (SSSR count). The summed E-state index contributed by atoms with van der Waals surface area (Å²) in [7, 11) is 1.97. The van der Waals surface area contributed by atoms with Gasteiger partial charge in [0.1, 0.15) is 0 Å². The second-order valence-corrected chi connectivity index (χ2v) is 5.60. The maximum Gasteiger partial charge on any atom is 0.397 e. The minimum absolute atomic E-state index is 0.135. The van der Waals surface area contributed by atoms with Crippen LogP contribution in [0.15, 0.2) is 23.9 Å². The highest BCUT2D eigenvalue weighted by molar-refractivity contribution is 5.32. The summed E-state index contributed by atoms with van der Waals surface area (Å²) in [4.78, 5) is 2.11. The van der Waals surface area contributed by atoms with Crippen molar-refractivity contribution in [2.45, 2.75) is 24.6 Å². The Labute approximate surface area is 111 Å². The predicted octanol–water partition coefficient (Wildman–Crippen LogP) is 1.62. The van der Waals surface area contributed by atoms with E-state index in [2.05, 4.69) is 4.90 Å². The van der Waals surface area contributed by atoms with Crippen molar-refractivity contribution in [3.63, 3.8) is 0 Å². The van der Waals surface area contributed by atoms with Crippen molar-refractivity contribution in [1.29, 1.82) is 0 Å². The zero-order valence-corrected chi connectivity index (χ0v) is 11.0. The minimum Gasteiger partial charge on any atom is -0.399 e. The third kappa shape index (κ3) is 2.79. The van der Waals surface area contributed by atoms with Crippen molar-refractivity contribution in [3.8, 4) is 0 Å². The fraction of sp³-hybridized carbons (Fsp3) is 0.692. The van der Waals surface area contributed by atoms with Gasteiger partial charge >= 0.3 is 6.18 Å². The average molecular weight is 275 g/mol. The standard InChI is InChI=1S/C13H20F3N3/c1-19-6-3-9(4-7-19)12(18)5-2-10(17)8-11(12)13(14,15)16/h2,5,8-9,11H,3-4,6-7,17-18H2,1H3. The van der Waals surface area contributed by atoms with Crippen LogP contribution in [0.2, 0.25) is 0 Å². The van der Waals surface area contributed by atoms with Crippen LogP contribution in [0.1, 0.15) is 12.8 Å². The van der Waals surface area contributed by atoms with Crippen LogP contribution in [0.5, 0.6) is 0 Å². The first-order valence-corrected chi connectivity index (χ1v) is 6.44. The van der Waals surface area contributed by atoms with Gasteiger partial charge in [-0.05, 0) is 51.0 Å². The van der Waals surface area contributed by atoms with Crippen molar-refractivity contribution in [1.82, 2.24) is 4.90 Å². The molecule has 0 amide bonds. The Balaban J connectivity index is 2.27. The van der Waals surface area contributed by atoms with Gasteiger partial charge in [0.2, 0.25) is 0 Å². The number of hydrogen-bond donors (Lipinski definition) is 2. The molecule has 2 atom stereocenters. The molecule has 1 fully saturated rings. The predicted molar refractivity (Wildman–Crippen MR) is 68.1 cm³/mol. The molecule has 108 valence electrons. The zero-order chi connectivity index (χ0) is 14.3. The van der Waals surface area contributed by atoms with Crippen LogP contribution in [-0.2, 0) is 0 Å². The molecule has 1 saturated heterocycles. The largest absolute Gasteiger partial charge is 0.399 e. The fourth-order valence-electron chi connectivity index (χ4n) is 3.01. The molecule has 1 aliphatic carbocycles. The highest BCUT2D eigenvalue weighted by Gasteiger charge is 2.53. The Morgan fingerprint density at radius 2 is 1.89 bits per heavy atom. The van der Waals surface area contributed by atoms with E-state index in [1.54, 1.807) is 0 Å². The molecular formula is C13H20F3N3. The maximum atomic E-state index is 13.2. The van der Waals surface area contributed by atoms with E-state index in [9.17, 15) is 13.2 Å². The number of likely N-dealkylation sites (tertiary alicyclic amines) is 1. The van der Waals surface area contributed by atoms with E-state index < -0.39 is 17.6 Å². The van der Waals surface area contributed by atoms with Crippen LogP contribution in [0.25, 0.3) is 0 Å². The third-order valence-electron chi connectivity index (χ3n) is 4.24. The van der Waals surface area contributed by atoms with E-state index in [1.807, 2.05) is 7.05 Å². The molecule has 4 N–H and O–H groups in total. The van der Waals surface area contributed by atoms with Crippen molar-refractivity contribution < 1.29 is 13.2 Å². The summed E-state index contributed by atoms with van der Waals surface area (Å²) in [6.45, 7) is 1.56. The van der Waals surface area contributed by atoms with Gasteiger partial charge in [-0.15, -0.1) is 0 Å². The van der Waals surface area contributed by atoms with E-state index >= 15 is 0 Å². The van der Waals surface area contributed by atoms with Crippen LogP contribution >= 0.6 is 0 Å². The number of alkyl halides is 3. The molecule has 0 spiro atoms. The van der Waals surface area contributed by atoms with Crippen molar-refractivity contribution >= 4 is 0 Å². The number of nitrogens with zero attached hydrogens (tertiary/aromatic N) is 1. The monoisotopic (exact) mass is 275 g/mol. The number of nitrogens with two attached hydrogens (primary N) is 2. The molecule has 0 aromatic rings. The Morgan fingerprint density at radius 1 is 1.32 bits per heavy atom. The first kappa shape index (κ1) is 14.4. The molecule has 6 heteroatoms. The highest BCUT2D eigenvalue weighted by atomic mass is 19.4. The number of allylic oxidation sites excluding steroid dienone is 1. The third-order valence-corrected chi connectivity index (χ3v) is 4.24. The first-order chi connectivity index (χ1) is 8.73. The Hall–Kier alpha value is -1.01. The van der Waals surface area contributed by atoms with E-state index in [-0.39, 0.29) is 11.6 Å². The minimum atomic E-state index is -4.37. The summed E-state index contributed by atoms with van der Waals surface area (Å²) in [6.07, 6.45) is 0.998. The Kier molecular flexibility index (Phi) is 3.66.